The third-order valence-electron chi connectivity index (χ3n) is 4.98. The zero-order chi connectivity index (χ0) is 23.9. The monoisotopic (exact) mass is 519 g/mol. The Morgan fingerprint density at radius 3 is 1.79 bits per heavy atom. The van der Waals surface area contributed by atoms with Crippen LogP contribution in [0.3, 0.4) is 0 Å². The van der Waals surface area contributed by atoms with Crippen LogP contribution in [0.25, 0.3) is 0 Å². The Bertz CT molecular complexity index is 416. The van der Waals surface area contributed by atoms with Crippen LogP contribution >= 0.6 is 0 Å². The number of rotatable bonds is 11. The summed E-state index contributed by atoms with van der Waals surface area (Å²) in [5.41, 5.74) is 1.96. The van der Waals surface area contributed by atoms with Crippen LogP contribution in [0.1, 0.15) is 108 Å². The van der Waals surface area contributed by atoms with Gasteiger partial charge < -0.3 is 0 Å². The molecule has 29 heavy (non-hydrogen) atoms. The molecule has 0 fully saturated rings. The first kappa shape index (κ1) is 36.1. The Morgan fingerprint density at radius 1 is 1.03 bits per heavy atom. The van der Waals surface area contributed by atoms with Crippen molar-refractivity contribution in [3.8, 4) is 0 Å². The fraction of sp³-hybridized carbons (Fsp3) is 0.714. The van der Waals surface area contributed by atoms with E-state index < -0.39 is 0 Å². The molecule has 0 saturated heterocycles. The Kier molecular flexibility index (Phi) is 29.8. The first-order valence-corrected chi connectivity index (χ1v) is 15.2. The van der Waals surface area contributed by atoms with Crippen LogP contribution in [-0.2, 0) is 0 Å². The Morgan fingerprint density at radius 2 is 1.52 bits per heavy atom. The summed E-state index contributed by atoms with van der Waals surface area (Å²) in [6, 6.07) is 0. The summed E-state index contributed by atoms with van der Waals surface area (Å²) < 4.78 is 2.53. The third-order valence-corrected chi connectivity index (χ3v) is 6.28. The van der Waals surface area contributed by atoms with Crippen LogP contribution in [0, 0.1) is 16.7 Å². The van der Waals surface area contributed by atoms with Crippen LogP contribution < -0.4 is 21.2 Å². The molecule has 176 valence electrons. The van der Waals surface area contributed by atoms with E-state index in [2.05, 4.69) is 81.9 Å². The zero-order valence-electron chi connectivity index (χ0n) is 22.3. The predicted molar refractivity (Wildman–Crippen MR) is 137 cm³/mol. The van der Waals surface area contributed by atoms with Gasteiger partial charge in [0.15, 0.2) is 0 Å². The van der Waals surface area contributed by atoms with Gasteiger partial charge in [0, 0.05) is 0 Å². The van der Waals surface area contributed by atoms with Crippen LogP contribution in [-0.4, -0.2) is 4.93 Å². The SMILES string of the molecule is C=C/C(=C\[I-]C)C(CCC)(CC(C)C)C(C)(/C=C\CC)CC.C=CC.CC.CC. The van der Waals surface area contributed by atoms with E-state index in [1.165, 1.54) is 31.3 Å². The molecule has 1 heteroatoms. The molecule has 0 spiro atoms. The van der Waals surface area contributed by atoms with Gasteiger partial charge in [-0.2, -0.15) is 0 Å². The number of halogens is 1. The van der Waals surface area contributed by atoms with Gasteiger partial charge in [0.1, 0.15) is 0 Å². The van der Waals surface area contributed by atoms with Crippen LogP contribution in [0.2, 0.25) is 0 Å². The number of hydrogen-bond donors (Lipinski definition) is 0. The Balaban J connectivity index is -0.000000394. The largest absolute Gasteiger partial charge is 0.103 e. The van der Waals surface area contributed by atoms with E-state index in [1.807, 2.05) is 34.6 Å². The van der Waals surface area contributed by atoms with E-state index in [1.54, 1.807) is 6.08 Å². The Labute approximate surface area is 197 Å². The van der Waals surface area contributed by atoms with Crippen molar-refractivity contribution in [2.24, 2.45) is 16.7 Å². The fourth-order valence-electron chi connectivity index (χ4n) is 3.79. The zero-order valence-corrected chi connectivity index (χ0v) is 24.4. The van der Waals surface area contributed by atoms with Gasteiger partial charge in [-0.3, -0.25) is 0 Å². The maximum atomic E-state index is 4.19. The van der Waals surface area contributed by atoms with Crippen molar-refractivity contribution >= 4 is 0 Å². The molecular weight excluding hydrogens is 463 g/mol. The maximum Gasteiger partial charge on any atom is -0.0473 e. The minimum atomic E-state index is 0.133. The van der Waals surface area contributed by atoms with Gasteiger partial charge in [-0.15, -0.1) is 6.58 Å². The molecule has 0 aliphatic heterocycles. The van der Waals surface area contributed by atoms with Gasteiger partial charge in [-0.1, -0.05) is 33.8 Å². The van der Waals surface area contributed by atoms with Gasteiger partial charge >= 0.3 is 151 Å². The topological polar surface area (TPSA) is 0 Å². The molecule has 2 atom stereocenters. The molecule has 0 saturated carbocycles. The van der Waals surface area contributed by atoms with Gasteiger partial charge in [0.2, 0.25) is 0 Å². The molecule has 0 aromatic rings. The van der Waals surface area contributed by atoms with Crippen molar-refractivity contribution in [2.75, 3.05) is 4.93 Å². The van der Waals surface area contributed by atoms with Crippen molar-refractivity contribution in [2.45, 2.75) is 108 Å². The average Bonchev–Trinajstić information content (AvgIpc) is 2.73. The summed E-state index contributed by atoms with van der Waals surface area (Å²) in [6.45, 7) is 31.6. The van der Waals surface area contributed by atoms with Gasteiger partial charge in [0.25, 0.3) is 0 Å². The van der Waals surface area contributed by atoms with E-state index in [9.17, 15) is 0 Å². The smallest absolute Gasteiger partial charge is 0.0473 e. The molecule has 0 aromatic carbocycles. The number of allylic oxidation sites excluding steroid dienone is 5. The van der Waals surface area contributed by atoms with Gasteiger partial charge in [0.05, 0.1) is 0 Å². The molecule has 0 aliphatic carbocycles. The summed E-state index contributed by atoms with van der Waals surface area (Å²) in [6.07, 6.45) is 14.8. The molecule has 0 heterocycles. The Hall–Kier alpha value is -0.310. The second-order valence-corrected chi connectivity index (χ2v) is 9.28. The number of alkyl halides is 1. The fourth-order valence-corrected chi connectivity index (χ4v) is 5.31. The van der Waals surface area contributed by atoms with Gasteiger partial charge in [-0.25, -0.2) is 0 Å². The molecule has 0 bridgehead atoms. The van der Waals surface area contributed by atoms with E-state index in [4.69, 9.17) is 0 Å². The predicted octanol–water partition coefficient (Wildman–Crippen LogP) is 7.23. The first-order valence-electron chi connectivity index (χ1n) is 11.8. The van der Waals surface area contributed by atoms with Crippen LogP contribution in [0.5, 0.6) is 0 Å². The minimum Gasteiger partial charge on any atom is -0.103 e. The van der Waals surface area contributed by atoms with Crippen LogP contribution in [0.15, 0.2) is 47.1 Å². The third kappa shape index (κ3) is 13.6. The average molecular weight is 520 g/mol. The van der Waals surface area contributed by atoms with Crippen molar-refractivity contribution in [3.63, 3.8) is 0 Å². The maximum absolute atomic E-state index is 4.19. The number of hydrogen-bond acceptors (Lipinski definition) is 0. The second kappa shape index (κ2) is 24.0. The normalized spacial score (nSPS) is 15.0. The van der Waals surface area contributed by atoms with Crippen molar-refractivity contribution in [1.29, 1.82) is 0 Å². The van der Waals surface area contributed by atoms with E-state index in [0.717, 1.165) is 6.42 Å². The summed E-state index contributed by atoms with van der Waals surface area (Å²) in [5, 5.41) is 0. The van der Waals surface area contributed by atoms with E-state index in [-0.39, 0.29) is 32.0 Å². The second-order valence-electron chi connectivity index (χ2n) is 7.41. The van der Waals surface area contributed by atoms with Crippen molar-refractivity contribution in [3.05, 3.63) is 47.1 Å². The van der Waals surface area contributed by atoms with Gasteiger partial charge in [-0.05, 0) is 6.92 Å². The summed E-state index contributed by atoms with van der Waals surface area (Å²) >= 11 is 0.133. The quantitative estimate of drug-likeness (QED) is 0.117. The first-order chi connectivity index (χ1) is 13.8. The molecule has 2 unspecified atom stereocenters. The summed E-state index contributed by atoms with van der Waals surface area (Å²) in [5.74, 6) is 0.700. The molecule has 0 aliphatic rings. The molecule has 0 aromatic heterocycles. The molecule has 0 amide bonds. The van der Waals surface area contributed by atoms with E-state index in [0.29, 0.717) is 5.92 Å². The van der Waals surface area contributed by atoms with Crippen LogP contribution in [0.4, 0.5) is 0 Å². The standard InChI is InChI=1S/C21H38I.C3H6.2C2H6/c1-9-13-15-20(7,12-4)21(14-10-2,16-18(5)6)19(11-3)17-22-8;1-3-2;2*1-2/h11,13,15,17-18H,3,9-10,12,14,16H2,1-2,4-8H3;3H,1H2,2H3;2*1-2H3/q-1;;;/b15-13-,19-17+;;;. The molecule has 0 radical (unpaired) electrons. The molecule has 0 nitrogen and oxygen atoms in total. The van der Waals surface area contributed by atoms with Crippen molar-refractivity contribution < 1.29 is 21.2 Å². The van der Waals surface area contributed by atoms with E-state index >= 15 is 0 Å². The minimum absolute atomic E-state index is 0.133. The molecular formula is C28H56I-. The molecule has 0 rings (SSSR count). The van der Waals surface area contributed by atoms with Crippen molar-refractivity contribution in [1.82, 2.24) is 0 Å². The summed E-state index contributed by atoms with van der Waals surface area (Å²) in [7, 11) is 0. The molecule has 0 N–H and O–H groups in total. The summed E-state index contributed by atoms with van der Waals surface area (Å²) in [4.78, 5) is 2.35.